The van der Waals surface area contributed by atoms with E-state index in [4.69, 9.17) is 5.11 Å². The van der Waals surface area contributed by atoms with Gasteiger partial charge in [0, 0.05) is 60.0 Å². The van der Waals surface area contributed by atoms with E-state index in [0.29, 0.717) is 5.56 Å². The molecule has 0 unspecified atom stereocenters. The van der Waals surface area contributed by atoms with Gasteiger partial charge in [-0.15, -0.1) is 0 Å². The fraction of sp³-hybridized carbons (Fsp3) is 0. The summed E-state index contributed by atoms with van der Waals surface area (Å²) in [6, 6.07) is 21.4. The molecule has 2 aromatic carbocycles. The molecule has 0 aromatic heterocycles. The van der Waals surface area contributed by atoms with Crippen molar-refractivity contribution in [2.45, 2.75) is 0 Å². The molecule has 2 nitrogen and oxygen atoms in total. The molecule has 4 heteroatoms. The number of carboxylic acids is 1. The van der Waals surface area contributed by atoms with E-state index < -0.39 is 5.97 Å². The van der Waals surface area contributed by atoms with Crippen LogP contribution in [0.25, 0.3) is 0 Å². The van der Waals surface area contributed by atoms with Gasteiger partial charge in [0.05, 0.1) is 0 Å². The van der Waals surface area contributed by atoms with Crippen LogP contribution < -0.4 is 0 Å². The third kappa shape index (κ3) is 9.62. The van der Waals surface area contributed by atoms with E-state index in [1.54, 1.807) is 12.1 Å². The molecule has 0 aliphatic rings. The van der Waals surface area contributed by atoms with Gasteiger partial charge in [-0.05, 0) is 5.56 Å². The van der Waals surface area contributed by atoms with Crippen molar-refractivity contribution in [3.8, 4) is 0 Å². The Hall–Kier alpha value is -0.0640. The summed E-state index contributed by atoms with van der Waals surface area (Å²) in [4.78, 5) is 10.2. The Morgan fingerprint density at radius 3 is 1.65 bits per heavy atom. The average molecular weight is 400 g/mol. The maximum absolute atomic E-state index is 10.2. The molecule has 0 fully saturated rings. The molecule has 0 amide bonds. The van der Waals surface area contributed by atoms with E-state index in [2.05, 4.69) is 12.1 Å². The number of aromatic carboxylic acids is 1. The molecule has 81 valence electrons. The number of rotatable bonds is 1. The Morgan fingerprint density at radius 2 is 1.41 bits per heavy atom. The first-order valence-electron chi connectivity index (χ1n) is 4.41. The van der Waals surface area contributed by atoms with Gasteiger partial charge in [0.25, 0.3) is 0 Å². The first-order chi connectivity index (χ1) is 7.30. The molecule has 2 rings (SSSR count). The number of carboxylic acid groups (broad SMARTS) is 1. The molecular formula is C13H10CdO2Y-2. The Kier molecular flexibility index (Phi) is 14.1. The Morgan fingerprint density at radius 1 is 0.941 bits per heavy atom. The van der Waals surface area contributed by atoms with Crippen molar-refractivity contribution in [1.82, 2.24) is 0 Å². The van der Waals surface area contributed by atoms with E-state index >= 15 is 0 Å². The van der Waals surface area contributed by atoms with Gasteiger partial charge >= 0.3 is 5.97 Å². The summed E-state index contributed by atoms with van der Waals surface area (Å²) in [6.45, 7) is 0. The third-order valence-electron chi connectivity index (χ3n) is 1.57. The second-order valence-electron chi connectivity index (χ2n) is 2.67. The van der Waals surface area contributed by atoms with Crippen molar-refractivity contribution in [1.29, 1.82) is 0 Å². The topological polar surface area (TPSA) is 37.3 Å². The molecule has 0 spiro atoms. The fourth-order valence-corrected chi connectivity index (χ4v) is 0.871. The zero-order chi connectivity index (χ0) is 10.9. The van der Waals surface area contributed by atoms with E-state index in [1.165, 1.54) is 12.1 Å². The zero-order valence-electron chi connectivity index (χ0n) is 9.34. The van der Waals surface area contributed by atoms with Crippen LogP contribution in [0.2, 0.25) is 0 Å². The normalized spacial score (nSPS) is 7.53. The van der Waals surface area contributed by atoms with Crippen LogP contribution in [0.4, 0.5) is 0 Å². The molecule has 0 aliphatic heterocycles. The molecule has 0 saturated carbocycles. The maximum atomic E-state index is 10.2. The van der Waals surface area contributed by atoms with E-state index in [0.717, 1.165) is 0 Å². The molecule has 1 radical (unpaired) electrons. The molecule has 0 saturated heterocycles. The minimum absolute atomic E-state index is 0. The van der Waals surface area contributed by atoms with Crippen molar-refractivity contribution in [2.24, 2.45) is 0 Å². The third-order valence-corrected chi connectivity index (χ3v) is 1.57. The average Bonchev–Trinajstić information content (AvgIpc) is 2.33. The second kappa shape index (κ2) is 12.4. The van der Waals surface area contributed by atoms with Gasteiger partial charge in [0.1, 0.15) is 0 Å². The summed E-state index contributed by atoms with van der Waals surface area (Å²) in [5.74, 6) is -0.899. The molecule has 0 atom stereocenters. The Labute approximate surface area is 146 Å². The molecule has 0 heterocycles. The molecule has 0 bridgehead atoms. The maximum Gasteiger partial charge on any atom is 0.311 e. The first-order valence-corrected chi connectivity index (χ1v) is 4.41. The van der Waals surface area contributed by atoms with E-state index in [1.807, 2.05) is 30.3 Å². The van der Waals surface area contributed by atoms with Crippen LogP contribution in [-0.2, 0) is 60.0 Å². The van der Waals surface area contributed by atoms with Gasteiger partial charge in [0.2, 0.25) is 0 Å². The quantitative estimate of drug-likeness (QED) is 0.591. The van der Waals surface area contributed by atoms with E-state index in [9.17, 15) is 4.79 Å². The van der Waals surface area contributed by atoms with Crippen LogP contribution in [0.15, 0.2) is 54.6 Å². The summed E-state index contributed by atoms with van der Waals surface area (Å²) >= 11 is 0. The Balaban J connectivity index is 0. The summed E-state index contributed by atoms with van der Waals surface area (Å²) in [7, 11) is 0. The second-order valence-corrected chi connectivity index (χ2v) is 2.67. The molecular weight excluding hydrogens is 389 g/mol. The van der Waals surface area contributed by atoms with Crippen molar-refractivity contribution < 1.29 is 69.9 Å². The molecule has 17 heavy (non-hydrogen) atoms. The SMILES string of the molecule is O=C(O)c1cc[c-]cc1.[Cd].[Y].[c-]1ccccc1. The van der Waals surface area contributed by atoms with Crippen molar-refractivity contribution in [3.63, 3.8) is 0 Å². The fourth-order valence-electron chi connectivity index (χ4n) is 0.871. The smallest absolute Gasteiger partial charge is 0.311 e. The standard InChI is InChI=1S/C7H5O2.C6H5.Cd.Y/c8-7(9)6-4-2-1-3-5-6;1-2-4-6-5-3-1;;/h2-5H,(H,8,9);1-5H;;/q2*-1;;. The van der Waals surface area contributed by atoms with Crippen LogP contribution in [0, 0.1) is 12.1 Å². The predicted octanol–water partition coefficient (Wildman–Crippen LogP) is 2.67. The first kappa shape index (κ1) is 19.3. The van der Waals surface area contributed by atoms with Gasteiger partial charge in [-0.3, -0.25) is 0 Å². The molecule has 0 aliphatic carbocycles. The number of benzene rings is 2. The van der Waals surface area contributed by atoms with Crippen LogP contribution in [-0.4, -0.2) is 11.1 Å². The van der Waals surface area contributed by atoms with E-state index in [-0.39, 0.29) is 60.0 Å². The van der Waals surface area contributed by atoms with Crippen LogP contribution in [0.1, 0.15) is 10.4 Å². The van der Waals surface area contributed by atoms with Gasteiger partial charge < -0.3 is 5.11 Å². The molecule has 2 aromatic rings. The van der Waals surface area contributed by atoms with Gasteiger partial charge in [0.15, 0.2) is 0 Å². The van der Waals surface area contributed by atoms with Crippen molar-refractivity contribution in [3.05, 3.63) is 72.3 Å². The van der Waals surface area contributed by atoms with Gasteiger partial charge in [-0.25, -0.2) is 4.79 Å². The van der Waals surface area contributed by atoms with Crippen LogP contribution in [0.5, 0.6) is 0 Å². The summed E-state index contributed by atoms with van der Waals surface area (Å²) in [6.07, 6.45) is 0. The van der Waals surface area contributed by atoms with Crippen molar-refractivity contribution in [2.75, 3.05) is 0 Å². The van der Waals surface area contributed by atoms with Crippen molar-refractivity contribution >= 4 is 5.97 Å². The summed E-state index contributed by atoms with van der Waals surface area (Å²) < 4.78 is 0. The Bertz CT molecular complexity index is 366. The minimum atomic E-state index is -0.899. The number of carbonyl (C=O) groups is 1. The zero-order valence-corrected chi connectivity index (χ0v) is 16.2. The molecule has 1 N–H and O–H groups in total. The summed E-state index contributed by atoms with van der Waals surface area (Å²) in [5, 5.41) is 8.37. The largest absolute Gasteiger partial charge is 0.479 e. The number of hydrogen-bond acceptors (Lipinski definition) is 1. The van der Waals surface area contributed by atoms with Gasteiger partial charge in [-0.2, -0.15) is 66.7 Å². The predicted molar refractivity (Wildman–Crippen MR) is 57.5 cm³/mol. The monoisotopic (exact) mass is 401 g/mol. The minimum Gasteiger partial charge on any atom is -0.479 e. The summed E-state index contributed by atoms with van der Waals surface area (Å²) in [5.41, 5.74) is 0.300. The van der Waals surface area contributed by atoms with Gasteiger partial charge in [-0.1, -0.05) is 0 Å². The van der Waals surface area contributed by atoms with Crippen LogP contribution in [0.3, 0.4) is 0 Å². The number of hydrogen-bond donors (Lipinski definition) is 1. The van der Waals surface area contributed by atoms with Crippen LogP contribution >= 0.6 is 0 Å².